The second kappa shape index (κ2) is 15.2. The highest BCUT2D eigenvalue weighted by Crippen LogP contribution is 2.60. The van der Waals surface area contributed by atoms with Crippen LogP contribution >= 0.6 is 23.5 Å². The van der Waals surface area contributed by atoms with Crippen LogP contribution in [0.1, 0.15) is 76.7 Å². The number of ether oxygens (including phenoxy) is 1. The number of carbonyl (C=O) groups is 2. The van der Waals surface area contributed by atoms with Gasteiger partial charge < -0.3 is 14.5 Å². The Morgan fingerprint density at radius 1 is 1.11 bits per heavy atom. The molecule has 3 atom stereocenters. The molecule has 0 bridgehead atoms. The number of aromatic nitrogens is 2. The van der Waals surface area contributed by atoms with Crippen molar-refractivity contribution in [1.82, 2.24) is 15.0 Å². The van der Waals surface area contributed by atoms with Gasteiger partial charge in [0, 0.05) is 42.6 Å². The molecule has 4 N–H and O–H groups in total. The van der Waals surface area contributed by atoms with E-state index >= 15 is 0 Å². The third-order valence-corrected chi connectivity index (χ3v) is 17.4. The number of H-pyrrole nitrogens is 1. The summed E-state index contributed by atoms with van der Waals surface area (Å²) in [6, 6.07) is 7.99. The minimum atomic E-state index is -2.11. The Morgan fingerprint density at radius 2 is 1.74 bits per heavy atom. The molecular formula is C32H48N4O7S2Si. The van der Waals surface area contributed by atoms with Crippen molar-refractivity contribution < 1.29 is 24.0 Å². The van der Waals surface area contributed by atoms with Crippen LogP contribution in [0.25, 0.3) is 0 Å². The van der Waals surface area contributed by atoms with Crippen LogP contribution in [0.3, 0.4) is 0 Å². The van der Waals surface area contributed by atoms with E-state index in [4.69, 9.17) is 14.4 Å². The molecule has 0 unspecified atom stereocenters. The molecule has 1 aromatic heterocycles. The van der Waals surface area contributed by atoms with Crippen molar-refractivity contribution in [2.24, 2.45) is 5.92 Å². The highest BCUT2D eigenvalue weighted by molar-refractivity contribution is 8.18. The van der Waals surface area contributed by atoms with Crippen LogP contribution in [-0.2, 0) is 22.8 Å². The standard InChI is InChI=1S/C32H48N4O7S2Si/c1-21-19-36(30(40)34-29(21)39)28-18-24(25(43-28)20-42-46(5,6)31(2,3)4)32(44-16-9-17-45-32)22-12-14-23(15-13-22)33-26(37)10-7-8-11-27(38)35-41/h12-15,19,24-25,28,41H,7-11,16-18,20H2,1-6H3,(H,33,37)(H,35,38)(H,34,39,40)/t24-,25+,28-/m0/s1. The van der Waals surface area contributed by atoms with Gasteiger partial charge in [-0.25, -0.2) is 10.3 Å². The van der Waals surface area contributed by atoms with Gasteiger partial charge in [-0.15, -0.1) is 23.5 Å². The molecule has 2 aromatic rings. The van der Waals surface area contributed by atoms with Gasteiger partial charge in [-0.2, -0.15) is 0 Å². The Balaban J connectivity index is 1.60. The van der Waals surface area contributed by atoms with Crippen LogP contribution in [0.2, 0.25) is 18.1 Å². The number of hydrogen-bond acceptors (Lipinski definition) is 9. The molecular weight excluding hydrogens is 645 g/mol. The summed E-state index contributed by atoms with van der Waals surface area (Å²) >= 11 is 3.81. The van der Waals surface area contributed by atoms with Gasteiger partial charge in [0.25, 0.3) is 5.56 Å². The average molecular weight is 693 g/mol. The first-order valence-electron chi connectivity index (χ1n) is 15.9. The normalized spacial score (nSPS) is 21.6. The zero-order chi connectivity index (χ0) is 33.7. The molecule has 2 amide bonds. The van der Waals surface area contributed by atoms with E-state index in [1.165, 1.54) is 4.57 Å². The number of amides is 2. The molecule has 2 aliphatic rings. The number of hydroxylamine groups is 1. The molecule has 11 nitrogen and oxygen atoms in total. The van der Waals surface area contributed by atoms with E-state index < -0.39 is 31.7 Å². The number of nitrogens with zero attached hydrogens (tertiary/aromatic N) is 1. The van der Waals surface area contributed by atoms with Crippen LogP contribution in [0.4, 0.5) is 5.69 Å². The second-order valence-electron chi connectivity index (χ2n) is 13.6. The number of aromatic amines is 1. The van der Waals surface area contributed by atoms with E-state index in [1.54, 1.807) is 18.6 Å². The number of rotatable bonds is 12. The third kappa shape index (κ3) is 8.56. The van der Waals surface area contributed by atoms with Crippen molar-refractivity contribution in [3.63, 3.8) is 0 Å². The molecule has 1 aromatic carbocycles. The van der Waals surface area contributed by atoms with Gasteiger partial charge in [-0.1, -0.05) is 32.9 Å². The fourth-order valence-corrected chi connectivity index (χ4v) is 10.3. The van der Waals surface area contributed by atoms with Gasteiger partial charge in [-0.05, 0) is 73.5 Å². The monoisotopic (exact) mass is 692 g/mol. The number of nitrogens with one attached hydrogen (secondary N) is 3. The van der Waals surface area contributed by atoms with E-state index in [1.807, 2.05) is 35.7 Å². The van der Waals surface area contributed by atoms with Gasteiger partial charge in [0.1, 0.15) is 6.23 Å². The van der Waals surface area contributed by atoms with Crippen molar-refractivity contribution in [3.8, 4) is 0 Å². The average Bonchev–Trinajstić information content (AvgIpc) is 3.45. The molecule has 254 valence electrons. The minimum Gasteiger partial charge on any atom is -0.414 e. The minimum absolute atomic E-state index is 0.00624. The summed E-state index contributed by atoms with van der Waals surface area (Å²) in [6.07, 6.45) is 3.89. The van der Waals surface area contributed by atoms with Crippen molar-refractivity contribution in [2.45, 2.75) is 101 Å². The fourth-order valence-electron chi connectivity index (χ4n) is 5.54. The van der Waals surface area contributed by atoms with Crippen molar-refractivity contribution in [1.29, 1.82) is 0 Å². The predicted octanol–water partition coefficient (Wildman–Crippen LogP) is 5.50. The van der Waals surface area contributed by atoms with E-state index in [2.05, 4.69) is 56.3 Å². The van der Waals surface area contributed by atoms with E-state index in [-0.39, 0.29) is 39.9 Å². The first-order valence-corrected chi connectivity index (χ1v) is 20.8. The number of unbranched alkanes of at least 4 members (excludes halogenated alkanes) is 1. The van der Waals surface area contributed by atoms with Gasteiger partial charge in [0.05, 0.1) is 16.8 Å². The Labute approximate surface area is 280 Å². The Kier molecular flexibility index (Phi) is 12.1. The zero-order valence-corrected chi connectivity index (χ0v) is 30.3. The van der Waals surface area contributed by atoms with Crippen LogP contribution in [0.15, 0.2) is 40.1 Å². The van der Waals surface area contributed by atoms with Crippen molar-refractivity contribution in [2.75, 3.05) is 23.4 Å². The topological polar surface area (TPSA) is 152 Å². The van der Waals surface area contributed by atoms with Crippen LogP contribution < -0.4 is 22.0 Å². The lowest BCUT2D eigenvalue weighted by Gasteiger charge is -2.44. The lowest BCUT2D eigenvalue weighted by Crippen LogP contribution is -2.45. The summed E-state index contributed by atoms with van der Waals surface area (Å²) in [4.78, 5) is 51.3. The molecule has 2 aliphatic heterocycles. The number of anilines is 1. The van der Waals surface area contributed by atoms with Crippen LogP contribution in [0, 0.1) is 12.8 Å². The van der Waals surface area contributed by atoms with Gasteiger partial charge in [0.2, 0.25) is 11.8 Å². The first kappa shape index (κ1) is 36.5. The number of aryl methyl sites for hydroxylation is 1. The Hall–Kier alpha value is -2.36. The predicted molar refractivity (Wildman–Crippen MR) is 186 cm³/mol. The number of carbonyl (C=O) groups excluding carboxylic acids is 2. The number of benzene rings is 1. The first-order chi connectivity index (χ1) is 21.7. The van der Waals surface area contributed by atoms with Crippen molar-refractivity contribution >= 4 is 49.3 Å². The molecule has 0 spiro atoms. The SMILES string of the molecule is Cc1cn([C@@H]2C[C@H](C3(c4ccc(NC(=O)CCCCC(=O)NO)cc4)SCCCS3)[C@@H](CO[Si](C)(C)C(C)(C)C)O2)c(=O)[nH]c1=O. The number of hydrogen-bond donors (Lipinski definition) is 4. The summed E-state index contributed by atoms with van der Waals surface area (Å²) in [5, 5.41) is 11.6. The maximum absolute atomic E-state index is 12.9. The molecule has 2 saturated heterocycles. The highest BCUT2D eigenvalue weighted by atomic mass is 32.2. The summed E-state index contributed by atoms with van der Waals surface area (Å²) in [7, 11) is -2.11. The van der Waals surface area contributed by atoms with E-state index in [0.29, 0.717) is 37.1 Å². The molecule has 4 rings (SSSR count). The molecule has 2 fully saturated rings. The van der Waals surface area contributed by atoms with E-state index in [9.17, 15) is 19.2 Å². The molecule has 0 radical (unpaired) electrons. The molecule has 0 aliphatic carbocycles. The highest BCUT2D eigenvalue weighted by Gasteiger charge is 2.53. The molecule has 14 heteroatoms. The maximum Gasteiger partial charge on any atom is 0.330 e. The van der Waals surface area contributed by atoms with Gasteiger partial charge >= 0.3 is 5.69 Å². The smallest absolute Gasteiger partial charge is 0.330 e. The lowest BCUT2D eigenvalue weighted by atomic mass is 9.91. The van der Waals surface area contributed by atoms with Crippen LogP contribution in [-0.4, -0.2) is 59.1 Å². The molecule has 46 heavy (non-hydrogen) atoms. The second-order valence-corrected chi connectivity index (χ2v) is 21.4. The lowest BCUT2D eigenvalue weighted by molar-refractivity contribution is -0.129. The van der Waals surface area contributed by atoms with Gasteiger partial charge in [-0.3, -0.25) is 29.1 Å². The quantitative estimate of drug-likeness (QED) is 0.0979. The maximum atomic E-state index is 12.9. The fraction of sp³-hybridized carbons (Fsp3) is 0.625. The Morgan fingerprint density at radius 3 is 2.35 bits per heavy atom. The van der Waals surface area contributed by atoms with E-state index in [0.717, 1.165) is 23.5 Å². The van der Waals surface area contributed by atoms with Gasteiger partial charge in [0.15, 0.2) is 8.32 Å². The summed E-state index contributed by atoms with van der Waals surface area (Å²) in [5.74, 6) is 1.36. The summed E-state index contributed by atoms with van der Waals surface area (Å²) in [6.45, 7) is 13.2. The summed E-state index contributed by atoms with van der Waals surface area (Å²) < 4.78 is 14.6. The number of thioether (sulfide) groups is 2. The van der Waals surface area contributed by atoms with Crippen molar-refractivity contribution in [3.05, 3.63) is 62.4 Å². The summed E-state index contributed by atoms with van der Waals surface area (Å²) in [5.41, 5.74) is 2.98. The third-order valence-electron chi connectivity index (χ3n) is 9.27. The molecule has 0 saturated carbocycles. The zero-order valence-electron chi connectivity index (χ0n) is 27.6. The van der Waals surface area contributed by atoms with Crippen LogP contribution in [0.5, 0.6) is 0 Å². The Bertz CT molecular complexity index is 1480. The largest absolute Gasteiger partial charge is 0.414 e. The molecule has 3 heterocycles.